The highest BCUT2D eigenvalue weighted by atomic mass is 35.5. The third kappa shape index (κ3) is 3.41. The molecule has 1 aromatic carbocycles. The molecule has 10 heteroatoms. The summed E-state index contributed by atoms with van der Waals surface area (Å²) >= 11 is 19.5. The minimum atomic E-state index is -0.312. The van der Waals surface area contributed by atoms with Crippen molar-refractivity contribution in [2.24, 2.45) is 7.05 Å². The minimum Gasteiger partial charge on any atom is -0.334 e. The van der Waals surface area contributed by atoms with E-state index in [0.717, 1.165) is 0 Å². The number of aromatic nitrogens is 4. The number of aromatic amines is 1. The summed E-state index contributed by atoms with van der Waals surface area (Å²) in [5, 5.41) is 9.14. The van der Waals surface area contributed by atoms with Crippen LogP contribution in [-0.4, -0.2) is 37.3 Å². The second-order valence-electron chi connectivity index (χ2n) is 7.31. The highest BCUT2D eigenvalue weighted by Gasteiger charge is 2.32. The van der Waals surface area contributed by atoms with E-state index in [0.29, 0.717) is 67.4 Å². The standard InChI is InChI=1S/C20H18Cl3N5O2/c1-9-6-14(21)13(19(29)24-9)8-28-5-4-11-15(22)7-12(17(23)16(11)20(28)30)18-10(2)25-26-27(18)3/h6-7H,4-5,8H2,1-3H3,(H,24,29). The zero-order chi connectivity index (χ0) is 21.7. The molecule has 156 valence electrons. The van der Waals surface area contributed by atoms with Gasteiger partial charge in [-0.15, -0.1) is 5.10 Å². The number of benzene rings is 1. The first kappa shape index (κ1) is 20.9. The van der Waals surface area contributed by atoms with Crippen molar-refractivity contribution in [3.05, 3.63) is 65.6 Å². The van der Waals surface area contributed by atoms with Gasteiger partial charge in [0.2, 0.25) is 0 Å². The molecule has 3 aromatic rings. The number of H-pyrrole nitrogens is 1. The van der Waals surface area contributed by atoms with Crippen LogP contribution >= 0.6 is 34.8 Å². The third-order valence-corrected chi connectivity index (χ3v) is 6.33. The molecule has 4 rings (SSSR count). The second-order valence-corrected chi connectivity index (χ2v) is 8.50. The second kappa shape index (κ2) is 7.72. The summed E-state index contributed by atoms with van der Waals surface area (Å²) in [6, 6.07) is 3.42. The van der Waals surface area contributed by atoms with Gasteiger partial charge in [-0.3, -0.25) is 9.59 Å². The van der Waals surface area contributed by atoms with Crippen LogP contribution in [0.5, 0.6) is 0 Å². The average Bonchev–Trinajstić information content (AvgIpc) is 3.00. The van der Waals surface area contributed by atoms with Crippen LogP contribution < -0.4 is 5.56 Å². The lowest BCUT2D eigenvalue weighted by Gasteiger charge is -2.30. The third-order valence-electron chi connectivity index (χ3n) is 5.27. The lowest BCUT2D eigenvalue weighted by molar-refractivity contribution is 0.0727. The molecular weight excluding hydrogens is 449 g/mol. The summed E-state index contributed by atoms with van der Waals surface area (Å²) < 4.78 is 1.59. The summed E-state index contributed by atoms with van der Waals surface area (Å²) in [5.41, 5.74) is 3.67. The predicted molar refractivity (Wildman–Crippen MR) is 116 cm³/mol. The fourth-order valence-corrected chi connectivity index (χ4v) is 4.75. The van der Waals surface area contributed by atoms with Crippen molar-refractivity contribution in [1.29, 1.82) is 0 Å². The van der Waals surface area contributed by atoms with Gasteiger partial charge in [0.25, 0.3) is 11.5 Å². The minimum absolute atomic E-state index is 0.0805. The van der Waals surface area contributed by atoms with Crippen molar-refractivity contribution in [2.45, 2.75) is 26.8 Å². The van der Waals surface area contributed by atoms with E-state index in [-0.39, 0.29) is 18.0 Å². The number of nitrogens with zero attached hydrogens (tertiary/aromatic N) is 4. The molecule has 0 bridgehead atoms. The van der Waals surface area contributed by atoms with Gasteiger partial charge in [0, 0.05) is 29.9 Å². The molecule has 7 nitrogen and oxygen atoms in total. The number of carbonyl (C=O) groups is 1. The zero-order valence-corrected chi connectivity index (χ0v) is 18.8. The van der Waals surface area contributed by atoms with Crippen molar-refractivity contribution in [3.63, 3.8) is 0 Å². The van der Waals surface area contributed by atoms with Gasteiger partial charge < -0.3 is 9.88 Å². The molecule has 1 aliphatic rings. The molecule has 0 saturated carbocycles. The maximum absolute atomic E-state index is 13.4. The molecule has 0 aliphatic carbocycles. The lowest BCUT2D eigenvalue weighted by Crippen LogP contribution is -2.39. The number of aryl methyl sites for hydroxylation is 3. The first-order valence-corrected chi connectivity index (χ1v) is 10.4. The molecule has 3 heterocycles. The summed E-state index contributed by atoms with van der Waals surface area (Å²) in [4.78, 5) is 30.0. The molecule has 0 saturated heterocycles. The molecule has 0 unspecified atom stereocenters. The number of rotatable bonds is 3. The summed E-state index contributed by atoms with van der Waals surface area (Å²) in [7, 11) is 1.75. The highest BCUT2D eigenvalue weighted by molar-refractivity contribution is 6.39. The van der Waals surface area contributed by atoms with Gasteiger partial charge >= 0.3 is 0 Å². The molecule has 2 aromatic heterocycles. The Morgan fingerprint density at radius 2 is 1.87 bits per heavy atom. The smallest absolute Gasteiger partial charge is 0.256 e. The van der Waals surface area contributed by atoms with E-state index in [4.69, 9.17) is 34.8 Å². The van der Waals surface area contributed by atoms with Crippen LogP contribution in [-0.2, 0) is 20.0 Å². The molecule has 0 radical (unpaired) electrons. The first-order valence-electron chi connectivity index (χ1n) is 9.24. The van der Waals surface area contributed by atoms with Gasteiger partial charge in [-0.2, -0.15) is 0 Å². The molecule has 0 spiro atoms. The van der Waals surface area contributed by atoms with E-state index < -0.39 is 0 Å². The van der Waals surface area contributed by atoms with E-state index in [2.05, 4.69) is 15.3 Å². The van der Waals surface area contributed by atoms with Crippen molar-refractivity contribution >= 4 is 40.7 Å². The monoisotopic (exact) mass is 465 g/mol. The Hall–Kier alpha value is -2.35. The van der Waals surface area contributed by atoms with E-state index in [1.54, 1.807) is 35.7 Å². The van der Waals surface area contributed by atoms with Crippen LogP contribution in [0.25, 0.3) is 11.3 Å². The van der Waals surface area contributed by atoms with Gasteiger partial charge in [-0.25, -0.2) is 4.68 Å². The zero-order valence-electron chi connectivity index (χ0n) is 16.5. The van der Waals surface area contributed by atoms with E-state index >= 15 is 0 Å². The number of hydrogen-bond acceptors (Lipinski definition) is 4. The number of hydrogen-bond donors (Lipinski definition) is 1. The molecule has 0 atom stereocenters. The van der Waals surface area contributed by atoms with Crippen LogP contribution in [0.2, 0.25) is 15.1 Å². The number of pyridine rings is 1. The van der Waals surface area contributed by atoms with E-state index in [9.17, 15) is 9.59 Å². The Morgan fingerprint density at radius 3 is 2.50 bits per heavy atom. The quantitative estimate of drug-likeness (QED) is 0.633. The summed E-state index contributed by atoms with van der Waals surface area (Å²) in [5.74, 6) is -0.297. The highest BCUT2D eigenvalue weighted by Crippen LogP contribution is 2.40. The Morgan fingerprint density at radius 1 is 1.13 bits per heavy atom. The Balaban J connectivity index is 1.79. The van der Waals surface area contributed by atoms with Crippen molar-refractivity contribution in [1.82, 2.24) is 24.9 Å². The average molecular weight is 467 g/mol. The Kier molecular flexibility index (Phi) is 5.38. The predicted octanol–water partition coefficient (Wildman–Crippen LogP) is 3.95. The number of halogens is 3. The summed E-state index contributed by atoms with van der Waals surface area (Å²) in [6.07, 6.45) is 0.518. The summed E-state index contributed by atoms with van der Waals surface area (Å²) in [6.45, 7) is 4.04. The lowest BCUT2D eigenvalue weighted by atomic mass is 9.94. The fourth-order valence-electron chi connectivity index (χ4n) is 3.80. The number of fused-ring (bicyclic) bond motifs is 1. The van der Waals surface area contributed by atoms with Gasteiger partial charge in [-0.05, 0) is 38.0 Å². The van der Waals surface area contributed by atoms with Crippen molar-refractivity contribution < 1.29 is 4.79 Å². The van der Waals surface area contributed by atoms with Crippen LogP contribution in [0, 0.1) is 13.8 Å². The Labute approximate surface area is 187 Å². The molecular formula is C20H18Cl3N5O2. The molecule has 30 heavy (non-hydrogen) atoms. The molecule has 0 fully saturated rings. The maximum Gasteiger partial charge on any atom is 0.256 e. The van der Waals surface area contributed by atoms with Crippen molar-refractivity contribution in [3.8, 4) is 11.3 Å². The van der Waals surface area contributed by atoms with Crippen LogP contribution in [0.4, 0.5) is 0 Å². The van der Waals surface area contributed by atoms with Crippen molar-refractivity contribution in [2.75, 3.05) is 6.54 Å². The van der Waals surface area contributed by atoms with Gasteiger partial charge in [0.1, 0.15) is 0 Å². The van der Waals surface area contributed by atoms with E-state index in [1.807, 2.05) is 6.92 Å². The molecule has 1 N–H and O–H groups in total. The molecule has 1 aliphatic heterocycles. The normalized spacial score (nSPS) is 13.7. The largest absolute Gasteiger partial charge is 0.334 e. The number of carbonyl (C=O) groups excluding carboxylic acids is 1. The first-order chi connectivity index (χ1) is 14.2. The van der Waals surface area contributed by atoms with Crippen LogP contribution in [0.3, 0.4) is 0 Å². The van der Waals surface area contributed by atoms with Crippen LogP contribution in [0.1, 0.15) is 32.9 Å². The van der Waals surface area contributed by atoms with E-state index in [1.165, 1.54) is 0 Å². The maximum atomic E-state index is 13.4. The fraction of sp³-hybridized carbons (Fsp3) is 0.300. The van der Waals surface area contributed by atoms with Crippen LogP contribution in [0.15, 0.2) is 16.9 Å². The van der Waals surface area contributed by atoms with Gasteiger partial charge in [0.15, 0.2) is 0 Å². The molecule has 1 amide bonds. The SMILES string of the molecule is Cc1cc(Cl)c(CN2CCc3c(Cl)cc(-c4c(C)nnn4C)c(Cl)c3C2=O)c(=O)[nH]1. The number of nitrogens with one attached hydrogen (secondary N) is 1. The van der Waals surface area contributed by atoms with Gasteiger partial charge in [0.05, 0.1) is 39.1 Å². The number of amides is 1. The van der Waals surface area contributed by atoms with Gasteiger partial charge in [-0.1, -0.05) is 40.0 Å². The Bertz CT molecular complexity index is 1230. The topological polar surface area (TPSA) is 83.9 Å².